The van der Waals surface area contributed by atoms with Gasteiger partial charge in [0, 0.05) is 43.7 Å². The Hall–Kier alpha value is -5.74. The van der Waals surface area contributed by atoms with Gasteiger partial charge in [-0.25, -0.2) is 4.98 Å². The average Bonchev–Trinajstić information content (AvgIpc) is 3.47. The van der Waals surface area contributed by atoms with Gasteiger partial charge in [-0.15, -0.1) is 0 Å². The number of halogens is 3. The van der Waals surface area contributed by atoms with Crippen molar-refractivity contribution in [2.45, 2.75) is 52.1 Å². The molecule has 51 heavy (non-hydrogen) atoms. The number of nitrogens with two attached hydrogens (primary N) is 2. The molecule has 7 nitrogen and oxygen atoms in total. The second kappa shape index (κ2) is 15.0. The molecule has 0 aliphatic heterocycles. The molecule has 1 amide bonds. The van der Waals surface area contributed by atoms with Crippen LogP contribution in [-0.2, 0) is 45.2 Å². The number of hydrogen-bond acceptors (Lipinski definition) is 4. The number of aryl methyl sites for hydroxylation is 3. The molecule has 0 saturated heterocycles. The highest BCUT2D eigenvalue weighted by Crippen LogP contribution is 2.30. The van der Waals surface area contributed by atoms with Gasteiger partial charge in [0.25, 0.3) is 5.91 Å². The van der Waals surface area contributed by atoms with Crippen molar-refractivity contribution in [3.8, 4) is 0 Å². The lowest BCUT2D eigenvalue weighted by atomic mass is 10.1. The van der Waals surface area contributed by atoms with E-state index in [4.69, 9.17) is 21.9 Å². The van der Waals surface area contributed by atoms with E-state index in [0.717, 1.165) is 51.3 Å². The molecule has 0 aliphatic carbocycles. The Morgan fingerprint density at radius 2 is 1.39 bits per heavy atom. The molecule has 0 saturated carbocycles. The van der Waals surface area contributed by atoms with Gasteiger partial charge in [0.15, 0.2) is 0 Å². The fourth-order valence-corrected chi connectivity index (χ4v) is 6.11. The van der Waals surface area contributed by atoms with Crippen LogP contribution in [0.3, 0.4) is 0 Å². The second-order valence-corrected chi connectivity index (χ2v) is 12.8. The molecular formula is C41H39F3N6O. The Labute approximate surface area is 294 Å². The Balaban J connectivity index is 1.33. The van der Waals surface area contributed by atoms with Gasteiger partial charge in [0.1, 0.15) is 11.7 Å². The molecule has 0 fully saturated rings. The number of amidine groups is 1. The van der Waals surface area contributed by atoms with E-state index in [1.807, 2.05) is 61.5 Å². The number of rotatable bonds is 12. The number of nitrogens with zero attached hydrogens (tertiary/aromatic N) is 3. The van der Waals surface area contributed by atoms with Gasteiger partial charge in [-0.3, -0.25) is 10.2 Å². The van der Waals surface area contributed by atoms with Crippen molar-refractivity contribution in [2.24, 2.45) is 11.5 Å². The van der Waals surface area contributed by atoms with Crippen LogP contribution in [0.25, 0.3) is 11.0 Å². The van der Waals surface area contributed by atoms with E-state index in [0.29, 0.717) is 48.1 Å². The SMILES string of the molecule is Cc1ccc(Cn2c(CCc3ccc(C(=N)N)cc3)nc3cc(C(=O)N(Cc4ccc(CN)cc4)Cc4cccc(C(F)(F)F)c4)ccc32)cc1. The van der Waals surface area contributed by atoms with Crippen LogP contribution in [-0.4, -0.2) is 26.2 Å². The molecule has 0 radical (unpaired) electrons. The summed E-state index contributed by atoms with van der Waals surface area (Å²) in [5.41, 5.74) is 18.7. The number of nitrogens with one attached hydrogen (secondary N) is 1. The molecule has 0 bridgehead atoms. The Morgan fingerprint density at radius 1 is 0.765 bits per heavy atom. The molecule has 260 valence electrons. The van der Waals surface area contributed by atoms with Crippen LogP contribution in [0.4, 0.5) is 13.2 Å². The number of nitrogen functional groups attached to an aromatic ring is 1. The van der Waals surface area contributed by atoms with E-state index in [2.05, 4.69) is 28.8 Å². The molecule has 0 spiro atoms. The normalized spacial score (nSPS) is 11.5. The number of alkyl halides is 3. The summed E-state index contributed by atoms with van der Waals surface area (Å²) in [6.07, 6.45) is -3.17. The zero-order valence-corrected chi connectivity index (χ0v) is 28.3. The first-order valence-electron chi connectivity index (χ1n) is 16.7. The monoisotopic (exact) mass is 688 g/mol. The van der Waals surface area contributed by atoms with Crippen molar-refractivity contribution in [1.82, 2.24) is 14.5 Å². The van der Waals surface area contributed by atoms with Crippen LogP contribution in [0.1, 0.15) is 60.7 Å². The lowest BCUT2D eigenvalue weighted by molar-refractivity contribution is -0.137. The summed E-state index contributed by atoms with van der Waals surface area (Å²) in [5, 5.41) is 7.68. The summed E-state index contributed by atoms with van der Waals surface area (Å²) in [7, 11) is 0. The number of fused-ring (bicyclic) bond motifs is 1. The number of carbonyl (C=O) groups excluding carboxylic acids is 1. The molecular weight excluding hydrogens is 649 g/mol. The number of benzene rings is 5. The van der Waals surface area contributed by atoms with Gasteiger partial charge >= 0.3 is 6.18 Å². The van der Waals surface area contributed by atoms with Gasteiger partial charge in [-0.2, -0.15) is 13.2 Å². The second-order valence-electron chi connectivity index (χ2n) is 12.8. The summed E-state index contributed by atoms with van der Waals surface area (Å²) in [4.78, 5) is 20.8. The van der Waals surface area contributed by atoms with Crippen molar-refractivity contribution >= 4 is 22.8 Å². The number of aromatic nitrogens is 2. The zero-order valence-electron chi connectivity index (χ0n) is 28.3. The number of carbonyl (C=O) groups is 1. The lowest BCUT2D eigenvalue weighted by Gasteiger charge is -2.24. The molecule has 5 aromatic carbocycles. The van der Waals surface area contributed by atoms with Crippen LogP contribution in [0.5, 0.6) is 0 Å². The van der Waals surface area contributed by atoms with Gasteiger partial charge in [-0.1, -0.05) is 90.5 Å². The van der Waals surface area contributed by atoms with Gasteiger partial charge in [0.05, 0.1) is 16.6 Å². The summed E-state index contributed by atoms with van der Waals surface area (Å²) >= 11 is 0. The first-order chi connectivity index (χ1) is 24.5. The van der Waals surface area contributed by atoms with E-state index < -0.39 is 11.7 Å². The first kappa shape index (κ1) is 35.1. The highest BCUT2D eigenvalue weighted by atomic mass is 19.4. The van der Waals surface area contributed by atoms with E-state index >= 15 is 0 Å². The fraction of sp³-hybridized carbons (Fsp3) is 0.195. The predicted molar refractivity (Wildman–Crippen MR) is 194 cm³/mol. The van der Waals surface area contributed by atoms with Crippen LogP contribution in [0, 0.1) is 12.3 Å². The molecule has 6 rings (SSSR count). The average molecular weight is 689 g/mol. The highest BCUT2D eigenvalue weighted by molar-refractivity contribution is 5.97. The molecule has 1 heterocycles. The number of hydrogen-bond donors (Lipinski definition) is 3. The third-order valence-corrected chi connectivity index (χ3v) is 8.98. The van der Waals surface area contributed by atoms with Crippen molar-refractivity contribution < 1.29 is 18.0 Å². The lowest BCUT2D eigenvalue weighted by Crippen LogP contribution is -2.30. The Bertz CT molecular complexity index is 2150. The van der Waals surface area contributed by atoms with Crippen molar-refractivity contribution in [2.75, 3.05) is 0 Å². The smallest absolute Gasteiger partial charge is 0.384 e. The molecule has 1 aromatic heterocycles. The number of imidazole rings is 1. The van der Waals surface area contributed by atoms with E-state index in [-0.39, 0.29) is 24.8 Å². The molecule has 10 heteroatoms. The van der Waals surface area contributed by atoms with Crippen molar-refractivity contribution in [3.05, 3.63) is 171 Å². The third-order valence-electron chi connectivity index (χ3n) is 8.98. The molecule has 0 aliphatic rings. The predicted octanol–water partition coefficient (Wildman–Crippen LogP) is 7.78. The van der Waals surface area contributed by atoms with Crippen molar-refractivity contribution in [3.63, 3.8) is 0 Å². The maximum absolute atomic E-state index is 14.2. The Morgan fingerprint density at radius 3 is 2.06 bits per heavy atom. The minimum atomic E-state index is -4.50. The highest BCUT2D eigenvalue weighted by Gasteiger charge is 2.30. The minimum absolute atomic E-state index is 0.0182. The standard InChI is InChI=1S/C41H39F3N6O/c1-27-5-7-31(8-6-27)26-50-37-19-18-34(22-36(37)48-38(50)20-15-28-13-16-33(17-14-28)39(46)47)40(51)49(24-30-11-9-29(23-45)10-12-30)25-32-3-2-4-35(21-32)41(42,43)44/h2-14,16-19,21-22H,15,20,23-26,45H2,1H3,(H3,46,47). The molecule has 0 atom stereocenters. The van der Waals surface area contributed by atoms with Gasteiger partial charge < -0.3 is 20.9 Å². The topological polar surface area (TPSA) is 114 Å². The van der Waals surface area contributed by atoms with E-state index in [9.17, 15) is 18.0 Å². The van der Waals surface area contributed by atoms with E-state index in [1.165, 1.54) is 6.07 Å². The quantitative estimate of drug-likeness (QED) is 0.0900. The number of amides is 1. The summed E-state index contributed by atoms with van der Waals surface area (Å²) in [5.74, 6) is 0.550. The first-order valence-corrected chi connectivity index (χ1v) is 16.7. The van der Waals surface area contributed by atoms with Crippen molar-refractivity contribution in [1.29, 1.82) is 5.41 Å². The minimum Gasteiger partial charge on any atom is -0.384 e. The van der Waals surface area contributed by atoms with E-state index in [1.54, 1.807) is 23.1 Å². The molecule has 5 N–H and O–H groups in total. The summed E-state index contributed by atoms with van der Waals surface area (Å²) in [6, 6.07) is 34.0. The molecule has 0 unspecified atom stereocenters. The maximum atomic E-state index is 14.2. The Kier molecular flexibility index (Phi) is 10.3. The maximum Gasteiger partial charge on any atom is 0.416 e. The third kappa shape index (κ3) is 8.53. The zero-order chi connectivity index (χ0) is 36.1. The summed E-state index contributed by atoms with van der Waals surface area (Å²) < 4.78 is 42.9. The van der Waals surface area contributed by atoms with Gasteiger partial charge in [-0.05, 0) is 71.5 Å². The largest absolute Gasteiger partial charge is 0.416 e. The summed E-state index contributed by atoms with van der Waals surface area (Å²) in [6.45, 7) is 3.17. The van der Waals surface area contributed by atoms with Crippen LogP contribution in [0.2, 0.25) is 0 Å². The van der Waals surface area contributed by atoms with Gasteiger partial charge in [0.2, 0.25) is 0 Å². The van der Waals surface area contributed by atoms with Crippen LogP contribution < -0.4 is 11.5 Å². The van der Waals surface area contributed by atoms with Crippen LogP contribution in [0.15, 0.2) is 115 Å². The molecule has 6 aromatic rings. The fourth-order valence-electron chi connectivity index (χ4n) is 6.11. The van der Waals surface area contributed by atoms with Crippen LogP contribution >= 0.6 is 0 Å².